The molecule has 0 aliphatic carbocycles. The smallest absolute Gasteiger partial charge is 0.332 e. The van der Waals surface area contributed by atoms with Crippen molar-refractivity contribution >= 4 is 27.5 Å². The van der Waals surface area contributed by atoms with Gasteiger partial charge in [0.2, 0.25) is 5.91 Å². The van der Waals surface area contributed by atoms with Gasteiger partial charge in [-0.15, -0.1) is 11.3 Å². The van der Waals surface area contributed by atoms with E-state index in [1.165, 1.54) is 20.5 Å². The van der Waals surface area contributed by atoms with E-state index in [-0.39, 0.29) is 24.6 Å². The van der Waals surface area contributed by atoms with Gasteiger partial charge in [0.1, 0.15) is 11.2 Å². The Balaban J connectivity index is 2.08. The normalized spacial score (nSPS) is 11.8. The van der Waals surface area contributed by atoms with Crippen LogP contribution in [0.2, 0.25) is 0 Å². The summed E-state index contributed by atoms with van der Waals surface area (Å²) < 4.78 is 3.08. The molecule has 0 atom stereocenters. The van der Waals surface area contributed by atoms with Crippen molar-refractivity contribution in [3.63, 3.8) is 0 Å². The molecule has 6 nitrogen and oxygen atoms in total. The first-order chi connectivity index (χ1) is 13.1. The van der Waals surface area contributed by atoms with E-state index in [4.69, 9.17) is 0 Å². The Hall–Kier alpha value is -2.67. The molecule has 0 radical (unpaired) electrons. The van der Waals surface area contributed by atoms with Crippen LogP contribution in [0.4, 0.5) is 0 Å². The van der Waals surface area contributed by atoms with Crippen molar-refractivity contribution in [3.8, 4) is 0 Å². The second kappa shape index (κ2) is 7.39. The third-order valence-electron chi connectivity index (χ3n) is 4.56. The van der Waals surface area contributed by atoms with Gasteiger partial charge in [-0.05, 0) is 62.8 Å². The number of hydrogen-bond acceptors (Lipinski definition) is 4. The number of thiophene rings is 1. The Labute approximate surface area is 167 Å². The summed E-state index contributed by atoms with van der Waals surface area (Å²) >= 11 is 1.28. The van der Waals surface area contributed by atoms with Gasteiger partial charge in [0, 0.05) is 5.54 Å². The lowest BCUT2D eigenvalue weighted by Crippen LogP contribution is -2.46. The van der Waals surface area contributed by atoms with Crippen molar-refractivity contribution in [2.75, 3.05) is 0 Å². The van der Waals surface area contributed by atoms with E-state index in [1.54, 1.807) is 11.4 Å². The van der Waals surface area contributed by atoms with Crippen LogP contribution in [0.1, 0.15) is 37.5 Å². The molecule has 0 saturated heterocycles. The van der Waals surface area contributed by atoms with Crippen molar-refractivity contribution in [1.29, 1.82) is 0 Å². The maximum atomic E-state index is 13.1. The minimum absolute atomic E-state index is 0.128. The molecule has 0 saturated carbocycles. The van der Waals surface area contributed by atoms with Crippen LogP contribution in [0, 0.1) is 13.8 Å². The molecule has 0 aliphatic rings. The predicted molar refractivity (Wildman–Crippen MR) is 113 cm³/mol. The molecule has 1 aromatic carbocycles. The quantitative estimate of drug-likeness (QED) is 0.733. The lowest BCUT2D eigenvalue weighted by Gasteiger charge is -2.21. The first kappa shape index (κ1) is 20.1. The Morgan fingerprint density at radius 1 is 1.07 bits per heavy atom. The van der Waals surface area contributed by atoms with E-state index < -0.39 is 11.2 Å². The summed E-state index contributed by atoms with van der Waals surface area (Å²) in [7, 11) is 0. The van der Waals surface area contributed by atoms with Gasteiger partial charge in [0.05, 0.1) is 12.1 Å². The number of aryl methyl sites for hydroxylation is 2. The molecule has 0 bridgehead atoms. The molecule has 0 unspecified atom stereocenters. The van der Waals surface area contributed by atoms with Crippen LogP contribution < -0.4 is 16.6 Å². The van der Waals surface area contributed by atoms with Gasteiger partial charge in [-0.2, -0.15) is 0 Å². The Morgan fingerprint density at radius 2 is 1.79 bits per heavy atom. The van der Waals surface area contributed by atoms with E-state index in [0.29, 0.717) is 10.2 Å². The van der Waals surface area contributed by atoms with Crippen LogP contribution in [0.5, 0.6) is 0 Å². The highest BCUT2D eigenvalue weighted by Gasteiger charge is 2.19. The predicted octanol–water partition coefficient (Wildman–Crippen LogP) is 2.80. The van der Waals surface area contributed by atoms with Crippen molar-refractivity contribution in [3.05, 3.63) is 67.2 Å². The molecular weight excluding hydrogens is 374 g/mol. The zero-order valence-electron chi connectivity index (χ0n) is 16.8. The summed E-state index contributed by atoms with van der Waals surface area (Å²) in [5, 5.41) is 4.63. The molecule has 3 aromatic rings. The van der Waals surface area contributed by atoms with Crippen LogP contribution in [0.25, 0.3) is 10.2 Å². The first-order valence-corrected chi connectivity index (χ1v) is 10.0. The third-order valence-corrected chi connectivity index (χ3v) is 5.46. The molecule has 2 aromatic heterocycles. The number of carbonyl (C=O) groups is 1. The molecule has 1 N–H and O–H groups in total. The van der Waals surface area contributed by atoms with Gasteiger partial charge in [-0.3, -0.25) is 18.7 Å². The summed E-state index contributed by atoms with van der Waals surface area (Å²) in [5.74, 6) is -0.265. The Kier molecular flexibility index (Phi) is 5.30. The number of aromatic nitrogens is 2. The minimum atomic E-state index is -0.474. The molecule has 28 heavy (non-hydrogen) atoms. The topological polar surface area (TPSA) is 73.1 Å². The van der Waals surface area contributed by atoms with Crippen LogP contribution >= 0.6 is 11.3 Å². The van der Waals surface area contributed by atoms with Crippen LogP contribution in [0.15, 0.2) is 39.2 Å². The molecule has 3 rings (SSSR count). The van der Waals surface area contributed by atoms with E-state index in [2.05, 4.69) is 5.32 Å². The largest absolute Gasteiger partial charge is 0.350 e. The number of hydrogen-bond donors (Lipinski definition) is 1. The number of carbonyl (C=O) groups excluding carboxylic acids is 1. The van der Waals surface area contributed by atoms with Gasteiger partial charge in [0.15, 0.2) is 0 Å². The average molecular weight is 400 g/mol. The van der Waals surface area contributed by atoms with E-state index in [0.717, 1.165) is 16.7 Å². The Morgan fingerprint density at radius 3 is 2.43 bits per heavy atom. The number of rotatable bonds is 4. The van der Waals surface area contributed by atoms with E-state index in [1.807, 2.05) is 52.8 Å². The van der Waals surface area contributed by atoms with E-state index >= 15 is 0 Å². The Bertz CT molecular complexity index is 1160. The number of nitrogens with one attached hydrogen (secondary N) is 1. The molecule has 148 valence electrons. The zero-order chi connectivity index (χ0) is 20.6. The molecule has 2 heterocycles. The molecule has 1 amide bonds. The highest BCUT2D eigenvalue weighted by molar-refractivity contribution is 7.17. The van der Waals surface area contributed by atoms with Crippen molar-refractivity contribution in [1.82, 2.24) is 14.5 Å². The summed E-state index contributed by atoms with van der Waals surface area (Å²) in [6, 6.07) is 7.60. The van der Waals surface area contributed by atoms with Crippen molar-refractivity contribution < 1.29 is 4.79 Å². The van der Waals surface area contributed by atoms with Crippen LogP contribution in [-0.4, -0.2) is 20.6 Å². The minimum Gasteiger partial charge on any atom is -0.350 e. The van der Waals surface area contributed by atoms with Crippen molar-refractivity contribution in [2.24, 2.45) is 0 Å². The maximum Gasteiger partial charge on any atom is 0.332 e. The highest BCUT2D eigenvalue weighted by Crippen LogP contribution is 2.16. The molecule has 7 heteroatoms. The zero-order valence-corrected chi connectivity index (χ0v) is 17.6. The lowest BCUT2D eigenvalue weighted by atomic mass is 10.1. The number of fused-ring (bicyclic) bond motifs is 1. The van der Waals surface area contributed by atoms with Gasteiger partial charge in [0.25, 0.3) is 5.56 Å². The third kappa shape index (κ3) is 4.09. The van der Waals surface area contributed by atoms with Gasteiger partial charge < -0.3 is 5.32 Å². The highest BCUT2D eigenvalue weighted by atomic mass is 32.1. The average Bonchev–Trinajstić information content (AvgIpc) is 3.07. The number of amides is 1. The number of benzene rings is 1. The fourth-order valence-electron chi connectivity index (χ4n) is 3.11. The van der Waals surface area contributed by atoms with Gasteiger partial charge in [-0.25, -0.2) is 4.79 Å². The van der Waals surface area contributed by atoms with Gasteiger partial charge >= 0.3 is 5.69 Å². The first-order valence-electron chi connectivity index (χ1n) is 9.15. The van der Waals surface area contributed by atoms with E-state index in [9.17, 15) is 14.4 Å². The summed E-state index contributed by atoms with van der Waals surface area (Å²) in [6.45, 7) is 9.71. The molecule has 0 aliphatic heterocycles. The monoisotopic (exact) mass is 399 g/mol. The molecular formula is C21H25N3O3S. The van der Waals surface area contributed by atoms with Crippen molar-refractivity contribution in [2.45, 2.75) is 53.2 Å². The summed E-state index contributed by atoms with van der Waals surface area (Å²) in [5.41, 5.74) is 2.44. The summed E-state index contributed by atoms with van der Waals surface area (Å²) in [6.07, 6.45) is 0. The second-order valence-electron chi connectivity index (χ2n) is 8.11. The second-order valence-corrected chi connectivity index (χ2v) is 9.03. The van der Waals surface area contributed by atoms with Crippen LogP contribution in [0.3, 0.4) is 0 Å². The lowest BCUT2D eigenvalue weighted by molar-refractivity contribution is -0.123. The summed E-state index contributed by atoms with van der Waals surface area (Å²) in [4.78, 5) is 38.4. The molecule has 0 fully saturated rings. The standard InChI is InChI=1S/C21H25N3O3S/c1-13-6-7-15(10-14(13)2)11-24-19(26)18-16(8-9-28-18)23(20(24)27)12-17(25)22-21(3,4)5/h6-10H,11-12H2,1-5H3,(H,22,25). The maximum absolute atomic E-state index is 13.1. The number of nitrogens with zero attached hydrogens (tertiary/aromatic N) is 2. The SMILES string of the molecule is Cc1ccc(Cn2c(=O)c3sccc3n(CC(=O)NC(C)(C)C)c2=O)cc1C. The molecule has 0 spiro atoms. The van der Waals surface area contributed by atoms with Crippen LogP contribution in [-0.2, 0) is 17.9 Å². The fourth-order valence-corrected chi connectivity index (χ4v) is 3.95. The fraction of sp³-hybridized carbons (Fsp3) is 0.381. The van der Waals surface area contributed by atoms with Gasteiger partial charge in [-0.1, -0.05) is 18.2 Å².